The predicted octanol–water partition coefficient (Wildman–Crippen LogP) is 4.16. The zero-order chi connectivity index (χ0) is 28.5. The molecule has 2 aromatic carbocycles. The fourth-order valence-electron chi connectivity index (χ4n) is 4.16. The Kier molecular flexibility index (Phi) is 7.66. The van der Waals surface area contributed by atoms with Crippen LogP contribution in [0.15, 0.2) is 47.4 Å². The molecule has 1 aliphatic rings. The number of non-ortho nitro benzene ring substituents is 1. The van der Waals surface area contributed by atoms with Gasteiger partial charge in [-0.15, -0.1) is 0 Å². The molecule has 0 bridgehead atoms. The largest absolute Gasteiger partial charge is 0.438 e. The zero-order valence-electron chi connectivity index (χ0n) is 20.9. The van der Waals surface area contributed by atoms with E-state index in [9.17, 15) is 36.5 Å². The number of hydrogen-bond acceptors (Lipinski definition) is 7. The highest BCUT2D eigenvalue weighted by atomic mass is 32.2. The number of aromatic nitrogens is 2. The third kappa shape index (κ3) is 5.88. The average Bonchev–Trinajstić information content (AvgIpc) is 3.52. The summed E-state index contributed by atoms with van der Waals surface area (Å²) in [6.07, 6.45) is -3.21. The lowest BCUT2D eigenvalue weighted by molar-refractivity contribution is -0.385. The summed E-state index contributed by atoms with van der Waals surface area (Å²) in [6.45, 7) is 1.84. The molecule has 0 unspecified atom stereocenters. The number of halogens is 3. The molecule has 4 rings (SSSR count). The highest BCUT2D eigenvalue weighted by Gasteiger charge is 2.33. The van der Waals surface area contributed by atoms with Gasteiger partial charge in [-0.25, -0.2) is 13.1 Å². The zero-order valence-corrected chi connectivity index (χ0v) is 21.7. The molecular weight excluding hydrogens is 543 g/mol. The summed E-state index contributed by atoms with van der Waals surface area (Å²) in [5.41, 5.74) is -0.920. The minimum absolute atomic E-state index is 0.00550. The third-order valence-corrected chi connectivity index (χ3v) is 8.09. The number of nitro benzene ring substituents is 1. The van der Waals surface area contributed by atoms with Crippen molar-refractivity contribution in [3.63, 3.8) is 0 Å². The van der Waals surface area contributed by atoms with Gasteiger partial charge in [0.1, 0.15) is 10.6 Å². The topological polar surface area (TPSA) is 137 Å². The van der Waals surface area contributed by atoms with Crippen LogP contribution in [0.3, 0.4) is 0 Å². The van der Waals surface area contributed by atoms with Gasteiger partial charge in [-0.1, -0.05) is 12.1 Å². The lowest BCUT2D eigenvalue weighted by Crippen LogP contribution is -2.28. The fourth-order valence-corrected chi connectivity index (χ4v) is 5.82. The number of hydrogen-bond donors (Lipinski definition) is 1. The first-order valence-corrected chi connectivity index (χ1v) is 13.2. The molecular formula is C24H24F3N5O6S. The van der Waals surface area contributed by atoms with Crippen molar-refractivity contribution in [3.8, 4) is 11.6 Å². The van der Waals surface area contributed by atoms with Crippen molar-refractivity contribution in [3.05, 3.63) is 75.0 Å². The molecule has 15 heteroatoms. The van der Waals surface area contributed by atoms with Gasteiger partial charge in [-0.2, -0.15) is 22.6 Å². The van der Waals surface area contributed by atoms with Gasteiger partial charge in [-0.3, -0.25) is 14.9 Å². The van der Waals surface area contributed by atoms with Crippen molar-refractivity contribution in [2.75, 3.05) is 13.1 Å². The number of alkyl halides is 3. The van der Waals surface area contributed by atoms with Crippen molar-refractivity contribution < 1.29 is 36.0 Å². The molecule has 1 aliphatic heterocycles. The van der Waals surface area contributed by atoms with Gasteiger partial charge in [0.2, 0.25) is 15.9 Å². The van der Waals surface area contributed by atoms with Crippen LogP contribution < -0.4 is 10.1 Å². The summed E-state index contributed by atoms with van der Waals surface area (Å²) < 4.78 is 73.8. The molecule has 1 N–H and O–H groups in total. The van der Waals surface area contributed by atoms with E-state index < -0.39 is 43.2 Å². The summed E-state index contributed by atoms with van der Waals surface area (Å²) >= 11 is 0. The smallest absolute Gasteiger partial charge is 0.416 e. The number of nitrogens with one attached hydrogen (secondary N) is 1. The molecule has 0 spiro atoms. The Morgan fingerprint density at radius 2 is 1.87 bits per heavy atom. The molecule has 0 atom stereocenters. The standard InChI is InChI=1S/C24H24F3N5O6S/c1-15-21(22(33)28-14-16-6-5-7-17(12-16)24(25,26)27)29-30(2)23(15)38-19-9-8-18(32(34)35)13-20(19)39(36,37)31-10-3-4-11-31/h5-9,12-13H,3-4,10-11,14H2,1-2H3,(H,28,33). The first-order valence-electron chi connectivity index (χ1n) is 11.7. The summed E-state index contributed by atoms with van der Waals surface area (Å²) in [7, 11) is -2.67. The SMILES string of the molecule is Cc1c(C(=O)NCc2cccc(C(F)(F)F)c2)nn(C)c1Oc1ccc([N+](=O)[O-])cc1S(=O)(=O)N1CCCC1. The van der Waals surface area contributed by atoms with E-state index in [4.69, 9.17) is 4.74 Å². The van der Waals surface area contributed by atoms with E-state index in [0.717, 1.165) is 24.3 Å². The van der Waals surface area contributed by atoms with Gasteiger partial charge in [0, 0.05) is 44.4 Å². The number of nitro groups is 1. The monoisotopic (exact) mass is 567 g/mol. The van der Waals surface area contributed by atoms with Crippen LogP contribution in [-0.4, -0.2) is 46.4 Å². The summed E-state index contributed by atoms with van der Waals surface area (Å²) in [5.74, 6) is -0.871. The van der Waals surface area contributed by atoms with Crippen molar-refractivity contribution >= 4 is 21.6 Å². The number of carbonyl (C=O) groups excluding carboxylic acids is 1. The Labute approximate surface area is 221 Å². The van der Waals surface area contributed by atoms with Crippen molar-refractivity contribution in [2.24, 2.45) is 7.05 Å². The quantitative estimate of drug-likeness (QED) is 0.319. The molecule has 1 saturated heterocycles. The van der Waals surface area contributed by atoms with Crippen LogP contribution in [0.25, 0.3) is 0 Å². The van der Waals surface area contributed by atoms with Gasteiger partial charge in [0.05, 0.1) is 10.5 Å². The normalized spacial score (nSPS) is 14.4. The molecule has 1 amide bonds. The van der Waals surface area contributed by atoms with E-state index in [1.807, 2.05) is 0 Å². The number of nitrogens with zero attached hydrogens (tertiary/aromatic N) is 4. The van der Waals surface area contributed by atoms with Crippen LogP contribution in [0.5, 0.6) is 11.6 Å². The average molecular weight is 568 g/mol. The molecule has 39 heavy (non-hydrogen) atoms. The van der Waals surface area contributed by atoms with Crippen molar-refractivity contribution in [1.29, 1.82) is 0 Å². The minimum Gasteiger partial charge on any atom is -0.438 e. The Balaban J connectivity index is 1.60. The Hall–Kier alpha value is -3.98. The van der Waals surface area contributed by atoms with Crippen LogP contribution in [0.4, 0.5) is 18.9 Å². The Bertz CT molecular complexity index is 1530. The van der Waals surface area contributed by atoms with Crippen LogP contribution in [-0.2, 0) is 29.8 Å². The Morgan fingerprint density at radius 3 is 2.51 bits per heavy atom. The highest BCUT2D eigenvalue weighted by molar-refractivity contribution is 7.89. The highest BCUT2D eigenvalue weighted by Crippen LogP contribution is 2.36. The number of ether oxygens (including phenoxy) is 1. The lowest BCUT2D eigenvalue weighted by atomic mass is 10.1. The van der Waals surface area contributed by atoms with E-state index in [1.165, 1.54) is 41.2 Å². The maximum atomic E-state index is 13.3. The van der Waals surface area contributed by atoms with E-state index in [-0.39, 0.29) is 48.1 Å². The van der Waals surface area contributed by atoms with Crippen LogP contribution in [0, 0.1) is 17.0 Å². The van der Waals surface area contributed by atoms with E-state index in [2.05, 4.69) is 10.4 Å². The van der Waals surface area contributed by atoms with Crippen molar-refractivity contribution in [2.45, 2.75) is 37.4 Å². The van der Waals surface area contributed by atoms with Gasteiger partial charge in [-0.05, 0) is 43.5 Å². The molecule has 3 aromatic rings. The molecule has 0 aliphatic carbocycles. The van der Waals surface area contributed by atoms with Gasteiger partial charge in [0.15, 0.2) is 5.69 Å². The minimum atomic E-state index is -4.52. The second-order valence-electron chi connectivity index (χ2n) is 8.88. The summed E-state index contributed by atoms with van der Waals surface area (Å²) in [6, 6.07) is 7.72. The maximum absolute atomic E-state index is 13.3. The maximum Gasteiger partial charge on any atom is 0.416 e. The molecule has 1 aromatic heterocycles. The molecule has 208 valence electrons. The van der Waals surface area contributed by atoms with Gasteiger partial charge in [0.25, 0.3) is 11.6 Å². The lowest BCUT2D eigenvalue weighted by Gasteiger charge is -2.18. The van der Waals surface area contributed by atoms with Crippen LogP contribution in [0.1, 0.15) is 40.0 Å². The van der Waals surface area contributed by atoms with Crippen LogP contribution in [0.2, 0.25) is 0 Å². The van der Waals surface area contributed by atoms with Crippen LogP contribution >= 0.6 is 0 Å². The predicted molar refractivity (Wildman–Crippen MR) is 132 cm³/mol. The first kappa shape index (κ1) is 28.0. The fraction of sp³-hybridized carbons (Fsp3) is 0.333. The number of amides is 1. The van der Waals surface area contributed by atoms with E-state index in [0.29, 0.717) is 12.8 Å². The number of rotatable bonds is 8. The second-order valence-corrected chi connectivity index (χ2v) is 10.8. The number of benzene rings is 2. The molecule has 0 saturated carbocycles. The third-order valence-electron chi connectivity index (χ3n) is 6.17. The van der Waals surface area contributed by atoms with Crippen molar-refractivity contribution in [1.82, 2.24) is 19.4 Å². The molecule has 2 heterocycles. The second kappa shape index (κ2) is 10.6. The molecule has 11 nitrogen and oxygen atoms in total. The summed E-state index contributed by atoms with van der Waals surface area (Å²) in [4.78, 5) is 23.0. The number of aryl methyl sites for hydroxylation is 1. The van der Waals surface area contributed by atoms with E-state index in [1.54, 1.807) is 0 Å². The molecule has 1 fully saturated rings. The Morgan fingerprint density at radius 1 is 1.18 bits per heavy atom. The molecule has 0 radical (unpaired) electrons. The number of carbonyl (C=O) groups is 1. The van der Waals surface area contributed by atoms with Gasteiger partial charge < -0.3 is 10.1 Å². The summed E-state index contributed by atoms with van der Waals surface area (Å²) in [5, 5.41) is 18.0. The van der Waals surface area contributed by atoms with E-state index >= 15 is 0 Å². The first-order chi connectivity index (χ1) is 18.3. The number of sulfonamides is 1. The van der Waals surface area contributed by atoms with Gasteiger partial charge >= 0.3 is 6.18 Å².